The van der Waals surface area contributed by atoms with Gasteiger partial charge in [0.25, 0.3) is 0 Å². The summed E-state index contributed by atoms with van der Waals surface area (Å²) in [6.07, 6.45) is 3.80. The van der Waals surface area contributed by atoms with Crippen molar-refractivity contribution >= 4 is 44.3 Å². The van der Waals surface area contributed by atoms with Crippen molar-refractivity contribution in [1.82, 2.24) is 20.8 Å². The molecular weight excluding hydrogens is 372 g/mol. The Morgan fingerprint density at radius 3 is 2.68 bits per heavy atom. The Balaban J connectivity index is 1.21. The highest BCUT2D eigenvalue weighted by Crippen LogP contribution is 2.22. The van der Waals surface area contributed by atoms with E-state index in [0.29, 0.717) is 12.8 Å². The monoisotopic (exact) mass is 392 g/mol. The lowest BCUT2D eigenvalue weighted by molar-refractivity contribution is -0.128. The van der Waals surface area contributed by atoms with Gasteiger partial charge in [0.2, 0.25) is 11.8 Å². The molecule has 2 aromatic heterocycles. The number of H-pyrrole nitrogens is 1. The van der Waals surface area contributed by atoms with E-state index in [1.54, 1.807) is 11.3 Å². The minimum absolute atomic E-state index is 0.201. The summed E-state index contributed by atoms with van der Waals surface area (Å²) in [6, 6.07) is 15.8. The van der Waals surface area contributed by atoms with Gasteiger partial charge >= 0.3 is 0 Å². The number of nitrogens with one attached hydrogen (secondary N) is 3. The first-order chi connectivity index (χ1) is 13.7. The van der Waals surface area contributed by atoms with E-state index in [9.17, 15) is 9.59 Å². The van der Waals surface area contributed by atoms with Crippen molar-refractivity contribution in [2.75, 3.05) is 0 Å². The fourth-order valence-corrected chi connectivity index (χ4v) is 4.13. The first kappa shape index (κ1) is 18.2. The van der Waals surface area contributed by atoms with Gasteiger partial charge in [-0.2, -0.15) is 0 Å². The minimum atomic E-state index is -0.246. The molecule has 2 amide bonds. The fourth-order valence-electron chi connectivity index (χ4n) is 3.12. The molecule has 0 aliphatic heterocycles. The van der Waals surface area contributed by atoms with Gasteiger partial charge in [0, 0.05) is 23.5 Å². The number of carbonyl (C=O) groups excluding carboxylic acids is 2. The summed E-state index contributed by atoms with van der Waals surface area (Å²) < 4.78 is 1.16. The molecule has 0 saturated carbocycles. The van der Waals surface area contributed by atoms with Crippen molar-refractivity contribution in [3.63, 3.8) is 0 Å². The summed E-state index contributed by atoms with van der Waals surface area (Å²) in [5.74, 6) is -0.447. The van der Waals surface area contributed by atoms with Gasteiger partial charge < -0.3 is 4.98 Å². The summed E-state index contributed by atoms with van der Waals surface area (Å²) in [6.45, 7) is 0. The Hall–Kier alpha value is -3.19. The first-order valence-electron chi connectivity index (χ1n) is 9.16. The number of hydrogen-bond donors (Lipinski definition) is 3. The number of aromatic amines is 1. The number of nitrogens with zero attached hydrogens (tertiary/aromatic N) is 1. The summed E-state index contributed by atoms with van der Waals surface area (Å²) in [4.78, 5) is 31.8. The average molecular weight is 392 g/mol. The van der Waals surface area contributed by atoms with E-state index in [4.69, 9.17) is 0 Å². The van der Waals surface area contributed by atoms with Crippen LogP contribution < -0.4 is 10.9 Å². The third kappa shape index (κ3) is 4.20. The number of hydrazine groups is 1. The zero-order valence-corrected chi connectivity index (χ0v) is 16.0. The van der Waals surface area contributed by atoms with Crippen LogP contribution in [-0.4, -0.2) is 21.8 Å². The molecule has 2 aromatic carbocycles. The molecule has 4 aromatic rings. The Labute approximate surface area is 166 Å². The first-order valence-corrected chi connectivity index (χ1v) is 9.98. The van der Waals surface area contributed by atoms with Gasteiger partial charge in [-0.15, -0.1) is 11.3 Å². The number of fused-ring (bicyclic) bond motifs is 2. The molecule has 0 bridgehead atoms. The Morgan fingerprint density at radius 1 is 1.00 bits per heavy atom. The minimum Gasteiger partial charge on any atom is -0.361 e. The van der Waals surface area contributed by atoms with Gasteiger partial charge in [0.1, 0.15) is 0 Å². The second kappa shape index (κ2) is 8.22. The number of para-hydroxylation sites is 2. The van der Waals surface area contributed by atoms with Crippen LogP contribution in [0.3, 0.4) is 0 Å². The second-order valence-electron chi connectivity index (χ2n) is 6.56. The lowest BCUT2D eigenvalue weighted by atomic mass is 10.1. The van der Waals surface area contributed by atoms with E-state index in [1.807, 2.05) is 54.7 Å². The molecule has 0 aliphatic rings. The highest BCUT2D eigenvalue weighted by atomic mass is 32.1. The van der Waals surface area contributed by atoms with Crippen LogP contribution in [-0.2, 0) is 22.4 Å². The molecule has 0 atom stereocenters. The molecule has 2 heterocycles. The SMILES string of the molecule is O=C(CCCc1nc2ccccc2s1)NNC(=O)Cc1c[nH]c2ccccc12. The van der Waals surface area contributed by atoms with Crippen LogP contribution in [0.15, 0.2) is 54.7 Å². The molecule has 0 fully saturated rings. The molecule has 6 nitrogen and oxygen atoms in total. The lowest BCUT2D eigenvalue weighted by Gasteiger charge is -2.06. The van der Waals surface area contributed by atoms with Gasteiger partial charge in [0.15, 0.2) is 0 Å². The number of rotatable bonds is 6. The molecule has 7 heteroatoms. The maximum atomic E-state index is 12.1. The van der Waals surface area contributed by atoms with E-state index in [1.165, 1.54) is 0 Å². The maximum Gasteiger partial charge on any atom is 0.242 e. The van der Waals surface area contributed by atoms with E-state index in [0.717, 1.165) is 38.1 Å². The van der Waals surface area contributed by atoms with Crippen LogP contribution in [0, 0.1) is 0 Å². The number of benzene rings is 2. The Kier molecular flexibility index (Phi) is 5.34. The molecule has 28 heavy (non-hydrogen) atoms. The summed E-state index contributed by atoms with van der Waals surface area (Å²) in [5, 5.41) is 2.04. The highest BCUT2D eigenvalue weighted by Gasteiger charge is 2.10. The van der Waals surface area contributed by atoms with Crippen LogP contribution in [0.5, 0.6) is 0 Å². The predicted octanol–water partition coefficient (Wildman–Crippen LogP) is 3.49. The topological polar surface area (TPSA) is 86.9 Å². The quantitative estimate of drug-likeness (QED) is 0.439. The Bertz CT molecular complexity index is 1100. The van der Waals surface area contributed by atoms with Gasteiger partial charge in [0.05, 0.1) is 21.6 Å². The van der Waals surface area contributed by atoms with Crippen molar-refractivity contribution in [1.29, 1.82) is 0 Å². The maximum absolute atomic E-state index is 12.1. The number of carbonyl (C=O) groups is 2. The molecule has 0 saturated heterocycles. The third-order valence-corrected chi connectivity index (χ3v) is 5.60. The van der Waals surface area contributed by atoms with Gasteiger partial charge in [-0.3, -0.25) is 20.4 Å². The summed E-state index contributed by atoms with van der Waals surface area (Å²) in [7, 11) is 0. The van der Waals surface area contributed by atoms with Crippen LogP contribution in [0.2, 0.25) is 0 Å². The number of amides is 2. The predicted molar refractivity (Wildman–Crippen MR) is 111 cm³/mol. The molecule has 0 aliphatic carbocycles. The standard InChI is InChI=1S/C21H20N4O2S/c26-19(10-5-11-21-23-17-8-3-4-9-18(17)28-21)24-25-20(27)12-14-13-22-16-7-2-1-6-15(14)16/h1-4,6-9,13,22H,5,10-12H2,(H,24,26)(H,25,27). The number of aromatic nitrogens is 2. The fraction of sp³-hybridized carbons (Fsp3) is 0.190. The van der Waals surface area contributed by atoms with Gasteiger partial charge in [-0.1, -0.05) is 30.3 Å². The van der Waals surface area contributed by atoms with Crippen molar-refractivity contribution in [2.45, 2.75) is 25.7 Å². The van der Waals surface area contributed by atoms with Crippen LogP contribution in [0.25, 0.3) is 21.1 Å². The molecule has 0 unspecified atom stereocenters. The lowest BCUT2D eigenvalue weighted by Crippen LogP contribution is -2.42. The summed E-state index contributed by atoms with van der Waals surface area (Å²) >= 11 is 1.65. The molecule has 0 spiro atoms. The van der Waals surface area contributed by atoms with Crippen molar-refractivity contribution in [2.24, 2.45) is 0 Å². The number of hydrogen-bond acceptors (Lipinski definition) is 4. The summed E-state index contributed by atoms with van der Waals surface area (Å²) in [5.41, 5.74) is 7.87. The third-order valence-electron chi connectivity index (χ3n) is 4.50. The number of thiazole rings is 1. The zero-order chi connectivity index (χ0) is 19.3. The molecule has 3 N–H and O–H groups in total. The zero-order valence-electron chi connectivity index (χ0n) is 15.2. The molecule has 4 rings (SSSR count). The smallest absolute Gasteiger partial charge is 0.242 e. The van der Waals surface area contributed by atoms with Crippen molar-refractivity contribution in [3.8, 4) is 0 Å². The van der Waals surface area contributed by atoms with E-state index >= 15 is 0 Å². The van der Waals surface area contributed by atoms with Crippen LogP contribution in [0.1, 0.15) is 23.4 Å². The van der Waals surface area contributed by atoms with E-state index < -0.39 is 0 Å². The second-order valence-corrected chi connectivity index (χ2v) is 7.68. The molecular formula is C21H20N4O2S. The molecule has 0 radical (unpaired) electrons. The van der Waals surface area contributed by atoms with Gasteiger partial charge in [-0.25, -0.2) is 4.98 Å². The average Bonchev–Trinajstić information content (AvgIpc) is 3.30. The van der Waals surface area contributed by atoms with Crippen molar-refractivity contribution < 1.29 is 9.59 Å². The van der Waals surface area contributed by atoms with E-state index in [2.05, 4.69) is 20.8 Å². The van der Waals surface area contributed by atoms with E-state index in [-0.39, 0.29) is 18.2 Å². The largest absolute Gasteiger partial charge is 0.361 e. The highest BCUT2D eigenvalue weighted by molar-refractivity contribution is 7.18. The van der Waals surface area contributed by atoms with Crippen molar-refractivity contribution in [3.05, 3.63) is 65.3 Å². The van der Waals surface area contributed by atoms with Gasteiger partial charge in [-0.05, 0) is 36.6 Å². The van der Waals surface area contributed by atoms with Crippen LogP contribution in [0.4, 0.5) is 0 Å². The Morgan fingerprint density at radius 2 is 1.79 bits per heavy atom. The normalized spacial score (nSPS) is 11.0. The van der Waals surface area contributed by atoms with Crippen LogP contribution >= 0.6 is 11.3 Å². The number of aryl methyl sites for hydroxylation is 1. The molecule has 142 valence electrons.